The second-order valence-electron chi connectivity index (χ2n) is 2.82. The van der Waals surface area contributed by atoms with Crippen molar-refractivity contribution in [3.05, 3.63) is 34.4 Å². The number of rotatable bonds is 2. The monoisotopic (exact) mass is 170 g/mol. The van der Waals surface area contributed by atoms with Gasteiger partial charge in [0.25, 0.3) is 0 Å². The number of allylic oxidation sites excluding steroid dienone is 5. The van der Waals surface area contributed by atoms with Crippen LogP contribution in [0.5, 0.6) is 0 Å². The first-order valence-electron chi connectivity index (χ1n) is 3.62. The number of halogens is 1. The summed E-state index contributed by atoms with van der Waals surface area (Å²) in [5, 5.41) is 0.808. The van der Waals surface area contributed by atoms with E-state index in [4.69, 9.17) is 11.6 Å². The van der Waals surface area contributed by atoms with E-state index in [0.29, 0.717) is 0 Å². The predicted octanol–water partition coefficient (Wildman–Crippen LogP) is 4.04. The Morgan fingerprint density at radius 1 is 1.18 bits per heavy atom. The summed E-state index contributed by atoms with van der Waals surface area (Å²) in [7, 11) is 0. The molecule has 62 valence electrons. The van der Waals surface area contributed by atoms with Gasteiger partial charge in [0.2, 0.25) is 0 Å². The topological polar surface area (TPSA) is 0 Å². The van der Waals surface area contributed by atoms with Crippen LogP contribution in [0.1, 0.15) is 27.7 Å². The van der Waals surface area contributed by atoms with Gasteiger partial charge in [0, 0.05) is 5.03 Å². The predicted molar refractivity (Wildman–Crippen MR) is 52.8 cm³/mol. The highest BCUT2D eigenvalue weighted by atomic mass is 35.5. The average molecular weight is 171 g/mol. The molecule has 0 aliphatic carbocycles. The lowest BCUT2D eigenvalue weighted by Crippen LogP contribution is -1.81. The highest BCUT2D eigenvalue weighted by Crippen LogP contribution is 2.15. The van der Waals surface area contributed by atoms with Crippen molar-refractivity contribution in [1.82, 2.24) is 0 Å². The van der Waals surface area contributed by atoms with Crippen LogP contribution in [0.4, 0.5) is 0 Å². The molecule has 0 unspecified atom stereocenters. The standard InChI is InChI=1S/C10H15Cl/c1-7(2)10(5)8(3)6-9(4)11/h6H,1H2,2-5H3/b9-6+,10-8-. The van der Waals surface area contributed by atoms with E-state index in [2.05, 4.69) is 6.58 Å². The summed E-state index contributed by atoms with van der Waals surface area (Å²) in [5.41, 5.74) is 3.49. The highest BCUT2D eigenvalue weighted by Gasteiger charge is 1.94. The molecule has 0 nitrogen and oxygen atoms in total. The zero-order valence-corrected chi connectivity index (χ0v) is 8.42. The van der Waals surface area contributed by atoms with Gasteiger partial charge in [0.1, 0.15) is 0 Å². The van der Waals surface area contributed by atoms with Crippen LogP contribution in [0.3, 0.4) is 0 Å². The quantitative estimate of drug-likeness (QED) is 0.549. The van der Waals surface area contributed by atoms with Gasteiger partial charge in [-0.05, 0) is 44.9 Å². The summed E-state index contributed by atoms with van der Waals surface area (Å²) < 4.78 is 0. The van der Waals surface area contributed by atoms with Gasteiger partial charge in [-0.15, -0.1) is 0 Å². The van der Waals surface area contributed by atoms with Crippen molar-refractivity contribution < 1.29 is 0 Å². The van der Waals surface area contributed by atoms with Gasteiger partial charge in [-0.25, -0.2) is 0 Å². The van der Waals surface area contributed by atoms with Gasteiger partial charge < -0.3 is 0 Å². The van der Waals surface area contributed by atoms with Crippen molar-refractivity contribution in [3.8, 4) is 0 Å². The minimum Gasteiger partial charge on any atom is -0.0958 e. The molecule has 0 aliphatic rings. The first-order valence-corrected chi connectivity index (χ1v) is 4.00. The van der Waals surface area contributed by atoms with Gasteiger partial charge in [-0.3, -0.25) is 0 Å². The Morgan fingerprint density at radius 3 is 1.91 bits per heavy atom. The Kier molecular flexibility index (Phi) is 4.20. The van der Waals surface area contributed by atoms with E-state index >= 15 is 0 Å². The molecule has 1 heteroatoms. The van der Waals surface area contributed by atoms with Crippen molar-refractivity contribution in [1.29, 1.82) is 0 Å². The molecular weight excluding hydrogens is 156 g/mol. The maximum Gasteiger partial charge on any atom is 0.0152 e. The Hall–Kier alpha value is -0.490. The molecule has 11 heavy (non-hydrogen) atoms. The molecule has 0 spiro atoms. The number of hydrogen-bond donors (Lipinski definition) is 0. The first-order chi connectivity index (χ1) is 4.95. The van der Waals surface area contributed by atoms with Crippen molar-refractivity contribution in [3.63, 3.8) is 0 Å². The van der Waals surface area contributed by atoms with Gasteiger partial charge in [0.05, 0.1) is 0 Å². The molecule has 0 aromatic heterocycles. The maximum absolute atomic E-state index is 5.72. The van der Waals surface area contributed by atoms with E-state index < -0.39 is 0 Å². The van der Waals surface area contributed by atoms with E-state index in [9.17, 15) is 0 Å². The lowest BCUT2D eigenvalue weighted by Gasteiger charge is -2.02. The normalized spacial score (nSPS) is 14.5. The average Bonchev–Trinajstić information content (AvgIpc) is 1.84. The van der Waals surface area contributed by atoms with Gasteiger partial charge in [-0.2, -0.15) is 0 Å². The summed E-state index contributed by atoms with van der Waals surface area (Å²) in [6, 6.07) is 0. The molecule has 0 N–H and O–H groups in total. The molecule has 0 bridgehead atoms. The van der Waals surface area contributed by atoms with E-state index in [1.807, 2.05) is 33.8 Å². The molecule has 0 amide bonds. The minimum absolute atomic E-state index is 0.808. The third-order valence-electron chi connectivity index (χ3n) is 1.65. The molecule has 0 aromatic carbocycles. The maximum atomic E-state index is 5.72. The zero-order chi connectivity index (χ0) is 9.02. The van der Waals surface area contributed by atoms with Crippen LogP contribution in [0, 0.1) is 0 Å². The van der Waals surface area contributed by atoms with Gasteiger partial charge in [-0.1, -0.05) is 23.8 Å². The van der Waals surface area contributed by atoms with Crippen LogP contribution >= 0.6 is 11.6 Å². The number of hydrogen-bond acceptors (Lipinski definition) is 0. The highest BCUT2D eigenvalue weighted by molar-refractivity contribution is 6.29. The van der Waals surface area contributed by atoms with Crippen LogP contribution in [-0.4, -0.2) is 0 Å². The summed E-state index contributed by atoms with van der Waals surface area (Å²) in [6.07, 6.45) is 1.95. The lowest BCUT2D eigenvalue weighted by molar-refractivity contribution is 1.28. The fourth-order valence-electron chi connectivity index (χ4n) is 0.743. The van der Waals surface area contributed by atoms with E-state index in [1.54, 1.807) is 0 Å². The molecule has 0 rings (SSSR count). The van der Waals surface area contributed by atoms with Crippen molar-refractivity contribution in [2.24, 2.45) is 0 Å². The van der Waals surface area contributed by atoms with E-state index in [1.165, 1.54) is 11.1 Å². The summed E-state index contributed by atoms with van der Waals surface area (Å²) in [5.74, 6) is 0. The molecular formula is C10H15Cl. The van der Waals surface area contributed by atoms with E-state index in [-0.39, 0.29) is 0 Å². The van der Waals surface area contributed by atoms with Crippen LogP contribution in [0.2, 0.25) is 0 Å². The summed E-state index contributed by atoms with van der Waals surface area (Å²) in [6.45, 7) is 11.8. The Balaban J connectivity index is 4.68. The van der Waals surface area contributed by atoms with Crippen molar-refractivity contribution >= 4 is 11.6 Å². The molecule has 0 fully saturated rings. The lowest BCUT2D eigenvalue weighted by atomic mass is 10.1. The smallest absolute Gasteiger partial charge is 0.0152 e. The summed E-state index contributed by atoms with van der Waals surface area (Å²) >= 11 is 5.72. The molecule has 0 saturated heterocycles. The zero-order valence-electron chi connectivity index (χ0n) is 7.66. The van der Waals surface area contributed by atoms with Crippen LogP contribution < -0.4 is 0 Å². The Bertz CT molecular complexity index is 215. The summed E-state index contributed by atoms with van der Waals surface area (Å²) in [4.78, 5) is 0. The van der Waals surface area contributed by atoms with Crippen LogP contribution in [-0.2, 0) is 0 Å². The second kappa shape index (κ2) is 4.40. The molecule has 0 saturated carbocycles. The fourth-order valence-corrected chi connectivity index (χ4v) is 0.907. The Labute approximate surface area is 74.3 Å². The van der Waals surface area contributed by atoms with Gasteiger partial charge in [0.15, 0.2) is 0 Å². The van der Waals surface area contributed by atoms with Crippen LogP contribution in [0.15, 0.2) is 34.4 Å². The van der Waals surface area contributed by atoms with Crippen molar-refractivity contribution in [2.45, 2.75) is 27.7 Å². The third kappa shape index (κ3) is 4.05. The molecule has 0 heterocycles. The SMILES string of the molecule is C=C(C)/C(C)=C(C)\C=C(/C)Cl. The van der Waals surface area contributed by atoms with Crippen molar-refractivity contribution in [2.75, 3.05) is 0 Å². The molecule has 0 radical (unpaired) electrons. The third-order valence-corrected chi connectivity index (χ3v) is 1.76. The fraction of sp³-hybridized carbons (Fsp3) is 0.400. The van der Waals surface area contributed by atoms with Gasteiger partial charge >= 0.3 is 0 Å². The van der Waals surface area contributed by atoms with E-state index in [0.717, 1.165) is 10.6 Å². The van der Waals surface area contributed by atoms with Crippen LogP contribution in [0.25, 0.3) is 0 Å². The first kappa shape index (κ1) is 10.5. The second-order valence-corrected chi connectivity index (χ2v) is 3.42. The molecule has 0 aromatic rings. The minimum atomic E-state index is 0.808. The molecule has 0 aliphatic heterocycles. The Morgan fingerprint density at radius 2 is 1.64 bits per heavy atom. The largest absolute Gasteiger partial charge is 0.0958 e. The molecule has 0 atom stereocenters.